The minimum Gasteiger partial charge on any atom is -0.481 e. The van der Waals surface area contributed by atoms with Gasteiger partial charge in [-0.2, -0.15) is 0 Å². The van der Waals surface area contributed by atoms with Crippen LogP contribution in [-0.4, -0.2) is 11.1 Å². The molecule has 34 heavy (non-hydrogen) atoms. The molecule has 0 aliphatic carbocycles. The molecular formula is C32H32O2. The van der Waals surface area contributed by atoms with E-state index in [-0.39, 0.29) is 5.92 Å². The molecule has 4 aromatic carbocycles. The van der Waals surface area contributed by atoms with Gasteiger partial charge in [0, 0.05) is 0 Å². The van der Waals surface area contributed by atoms with Gasteiger partial charge in [-0.05, 0) is 72.4 Å². The van der Waals surface area contributed by atoms with E-state index in [0.29, 0.717) is 12.8 Å². The molecule has 4 rings (SSSR count). The molecule has 1 N–H and O–H groups in total. The fourth-order valence-electron chi connectivity index (χ4n) is 4.47. The summed E-state index contributed by atoms with van der Waals surface area (Å²) in [4.78, 5) is 11.8. The Balaban J connectivity index is 1.27. The third-order valence-electron chi connectivity index (χ3n) is 6.52. The van der Waals surface area contributed by atoms with Gasteiger partial charge in [0.25, 0.3) is 0 Å². The molecule has 0 spiro atoms. The molecule has 172 valence electrons. The van der Waals surface area contributed by atoms with Crippen LogP contribution in [0, 0.1) is 12.8 Å². The molecule has 1 atom stereocenters. The van der Waals surface area contributed by atoms with Gasteiger partial charge in [0.2, 0.25) is 0 Å². The van der Waals surface area contributed by atoms with Crippen molar-refractivity contribution in [3.8, 4) is 22.3 Å². The maximum atomic E-state index is 11.8. The predicted molar refractivity (Wildman–Crippen MR) is 141 cm³/mol. The normalized spacial score (nSPS) is 11.8. The fraction of sp³-hybridized carbons (Fsp3) is 0.219. The Morgan fingerprint density at radius 1 is 0.647 bits per heavy atom. The van der Waals surface area contributed by atoms with Crippen molar-refractivity contribution in [3.63, 3.8) is 0 Å². The molecule has 4 aromatic rings. The highest BCUT2D eigenvalue weighted by molar-refractivity contribution is 5.70. The Morgan fingerprint density at radius 3 is 1.82 bits per heavy atom. The van der Waals surface area contributed by atoms with Crippen LogP contribution in [0.3, 0.4) is 0 Å². The second kappa shape index (κ2) is 11.5. The molecule has 0 fully saturated rings. The van der Waals surface area contributed by atoms with Crippen LogP contribution in [0.2, 0.25) is 0 Å². The molecule has 1 unspecified atom stereocenters. The summed E-state index contributed by atoms with van der Waals surface area (Å²) < 4.78 is 0. The van der Waals surface area contributed by atoms with E-state index in [1.54, 1.807) is 0 Å². The summed E-state index contributed by atoms with van der Waals surface area (Å²) in [6.45, 7) is 2.10. The summed E-state index contributed by atoms with van der Waals surface area (Å²) in [6.07, 6.45) is 3.96. The zero-order valence-electron chi connectivity index (χ0n) is 19.8. The summed E-state index contributed by atoms with van der Waals surface area (Å²) in [5.41, 5.74) is 8.54. The number of carboxylic acid groups (broad SMARTS) is 1. The Bertz CT molecular complexity index is 1190. The van der Waals surface area contributed by atoms with Gasteiger partial charge in [-0.25, -0.2) is 0 Å². The van der Waals surface area contributed by atoms with Crippen molar-refractivity contribution in [1.29, 1.82) is 0 Å². The predicted octanol–water partition coefficient (Wildman–Crippen LogP) is 7.99. The first kappa shape index (κ1) is 23.5. The molecule has 0 saturated heterocycles. The number of hydrogen-bond donors (Lipinski definition) is 1. The van der Waals surface area contributed by atoms with E-state index >= 15 is 0 Å². The van der Waals surface area contributed by atoms with E-state index in [1.165, 1.54) is 38.9 Å². The molecule has 0 amide bonds. The van der Waals surface area contributed by atoms with Crippen molar-refractivity contribution in [2.75, 3.05) is 0 Å². The quantitative estimate of drug-likeness (QED) is 0.267. The van der Waals surface area contributed by atoms with Crippen LogP contribution in [-0.2, 0) is 17.6 Å². The molecular weight excluding hydrogens is 416 g/mol. The lowest BCUT2D eigenvalue weighted by Crippen LogP contribution is -2.15. The van der Waals surface area contributed by atoms with Crippen LogP contribution < -0.4 is 0 Å². The van der Waals surface area contributed by atoms with Gasteiger partial charge in [0.1, 0.15) is 0 Å². The largest absolute Gasteiger partial charge is 0.481 e. The van der Waals surface area contributed by atoms with Crippen molar-refractivity contribution < 1.29 is 9.90 Å². The average Bonchev–Trinajstić information content (AvgIpc) is 2.87. The SMILES string of the molecule is Cc1cccc(-c2ccc(CCC(CCCc3ccc(-c4ccccc4)cc3)C(=O)O)cc2)c1. The molecule has 0 aliphatic heterocycles. The van der Waals surface area contributed by atoms with E-state index in [4.69, 9.17) is 0 Å². The van der Waals surface area contributed by atoms with E-state index in [1.807, 2.05) is 18.2 Å². The minimum atomic E-state index is -0.684. The summed E-state index contributed by atoms with van der Waals surface area (Å²) in [6, 6.07) is 36.0. The Kier molecular flexibility index (Phi) is 7.93. The van der Waals surface area contributed by atoms with E-state index < -0.39 is 5.97 Å². The third-order valence-corrected chi connectivity index (χ3v) is 6.52. The second-order valence-corrected chi connectivity index (χ2v) is 9.10. The molecule has 0 heterocycles. The first-order valence-corrected chi connectivity index (χ1v) is 12.1. The van der Waals surface area contributed by atoms with Crippen LogP contribution >= 0.6 is 0 Å². The van der Waals surface area contributed by atoms with Gasteiger partial charge in [-0.15, -0.1) is 0 Å². The van der Waals surface area contributed by atoms with Crippen LogP contribution in [0.25, 0.3) is 22.3 Å². The first-order valence-electron chi connectivity index (χ1n) is 12.1. The van der Waals surface area contributed by atoms with Crippen LogP contribution in [0.15, 0.2) is 103 Å². The molecule has 0 bridgehead atoms. The van der Waals surface area contributed by atoms with Crippen molar-refractivity contribution in [2.45, 2.75) is 39.0 Å². The summed E-state index contributed by atoms with van der Waals surface area (Å²) in [5, 5.41) is 9.73. The highest BCUT2D eigenvalue weighted by atomic mass is 16.4. The van der Waals surface area contributed by atoms with Gasteiger partial charge in [0.15, 0.2) is 0 Å². The molecule has 2 nitrogen and oxygen atoms in total. The third kappa shape index (κ3) is 6.45. The molecule has 0 radical (unpaired) electrons. The smallest absolute Gasteiger partial charge is 0.306 e. The highest BCUT2D eigenvalue weighted by Gasteiger charge is 2.17. The highest BCUT2D eigenvalue weighted by Crippen LogP contribution is 2.24. The topological polar surface area (TPSA) is 37.3 Å². The zero-order valence-corrected chi connectivity index (χ0v) is 19.8. The Hall–Kier alpha value is -3.65. The van der Waals surface area contributed by atoms with E-state index in [0.717, 1.165) is 19.3 Å². The number of carboxylic acids is 1. The number of aryl methyl sites for hydroxylation is 3. The van der Waals surface area contributed by atoms with Crippen LogP contribution in [0.1, 0.15) is 36.0 Å². The molecule has 0 aliphatic rings. The van der Waals surface area contributed by atoms with Crippen molar-refractivity contribution in [2.24, 2.45) is 5.92 Å². The monoisotopic (exact) mass is 448 g/mol. The second-order valence-electron chi connectivity index (χ2n) is 9.10. The first-order chi connectivity index (χ1) is 16.6. The Morgan fingerprint density at radius 2 is 1.21 bits per heavy atom. The van der Waals surface area contributed by atoms with Crippen molar-refractivity contribution in [3.05, 3.63) is 120 Å². The summed E-state index contributed by atoms with van der Waals surface area (Å²) >= 11 is 0. The van der Waals surface area contributed by atoms with E-state index in [9.17, 15) is 9.90 Å². The summed E-state index contributed by atoms with van der Waals surface area (Å²) in [7, 11) is 0. The standard InChI is InChI=1S/C32H32O2/c1-24-7-5-12-31(23-24)29-20-15-26(16-21-29)17-22-30(32(33)34)11-6-8-25-13-18-28(19-14-25)27-9-3-2-4-10-27/h2-5,7,9-10,12-16,18-21,23,30H,6,8,11,17,22H2,1H3,(H,33,34). The average molecular weight is 449 g/mol. The number of benzene rings is 4. The van der Waals surface area contributed by atoms with Crippen molar-refractivity contribution in [1.82, 2.24) is 0 Å². The van der Waals surface area contributed by atoms with Crippen molar-refractivity contribution >= 4 is 5.97 Å². The van der Waals surface area contributed by atoms with Gasteiger partial charge in [0.05, 0.1) is 5.92 Å². The maximum absolute atomic E-state index is 11.8. The van der Waals surface area contributed by atoms with Crippen LogP contribution in [0.4, 0.5) is 0 Å². The Labute approximate surface area is 202 Å². The van der Waals surface area contributed by atoms with Crippen LogP contribution in [0.5, 0.6) is 0 Å². The summed E-state index contributed by atoms with van der Waals surface area (Å²) in [5.74, 6) is -0.990. The lowest BCUT2D eigenvalue weighted by atomic mass is 9.92. The lowest BCUT2D eigenvalue weighted by molar-refractivity contribution is -0.142. The number of hydrogen-bond acceptors (Lipinski definition) is 1. The number of aliphatic carboxylic acids is 1. The van der Waals surface area contributed by atoms with Gasteiger partial charge >= 0.3 is 5.97 Å². The minimum absolute atomic E-state index is 0.306. The maximum Gasteiger partial charge on any atom is 0.306 e. The van der Waals surface area contributed by atoms with Gasteiger partial charge in [-0.1, -0.05) is 109 Å². The lowest BCUT2D eigenvalue weighted by Gasteiger charge is -2.13. The number of rotatable bonds is 10. The van der Waals surface area contributed by atoms with E-state index in [2.05, 4.69) is 91.9 Å². The molecule has 2 heteroatoms. The zero-order chi connectivity index (χ0) is 23.8. The number of carbonyl (C=O) groups is 1. The van der Waals surface area contributed by atoms with Gasteiger partial charge < -0.3 is 5.11 Å². The molecule has 0 aromatic heterocycles. The van der Waals surface area contributed by atoms with Gasteiger partial charge in [-0.3, -0.25) is 4.79 Å². The molecule has 0 saturated carbocycles. The fourth-order valence-corrected chi connectivity index (χ4v) is 4.47.